The van der Waals surface area contributed by atoms with Crippen LogP contribution < -0.4 is 0 Å². The molecule has 2 aliphatic rings. The smallest absolute Gasteiger partial charge is 0.123 e. The largest absolute Gasteiger partial charge is 0.389 e. The number of piperidine rings is 1. The Morgan fingerprint density at radius 3 is 2.50 bits per heavy atom. The van der Waals surface area contributed by atoms with Gasteiger partial charge < -0.3 is 9.84 Å². The molecule has 4 heteroatoms. The highest BCUT2D eigenvalue weighted by atomic mass is 19.1. The summed E-state index contributed by atoms with van der Waals surface area (Å²) in [7, 11) is 0. The van der Waals surface area contributed by atoms with Crippen LogP contribution in [0, 0.1) is 12.7 Å². The molecule has 2 unspecified atom stereocenters. The molecule has 2 aromatic carbocycles. The molecule has 1 N–H and O–H groups in total. The summed E-state index contributed by atoms with van der Waals surface area (Å²) < 4.78 is 19.4. The molecule has 2 heterocycles. The highest BCUT2D eigenvalue weighted by Gasteiger charge is 2.46. The van der Waals surface area contributed by atoms with Crippen LogP contribution in [-0.2, 0) is 17.7 Å². The fourth-order valence-corrected chi connectivity index (χ4v) is 4.52. The van der Waals surface area contributed by atoms with Crippen LogP contribution in [0.15, 0.2) is 48.5 Å². The zero-order valence-electron chi connectivity index (χ0n) is 15.2. The summed E-state index contributed by atoms with van der Waals surface area (Å²) in [6.45, 7) is 4.16. The Hall–Kier alpha value is -1.75. The van der Waals surface area contributed by atoms with Crippen molar-refractivity contribution in [3.8, 4) is 0 Å². The minimum atomic E-state index is -0.801. The molecule has 2 aromatic rings. The first-order valence-electron chi connectivity index (χ1n) is 9.37. The lowest BCUT2D eigenvalue weighted by atomic mass is 9.77. The maximum Gasteiger partial charge on any atom is 0.123 e. The number of aryl methyl sites for hydroxylation is 1. The molecule has 2 atom stereocenters. The van der Waals surface area contributed by atoms with E-state index in [1.165, 1.54) is 11.6 Å². The summed E-state index contributed by atoms with van der Waals surface area (Å²) in [5.41, 5.74) is 2.43. The van der Waals surface area contributed by atoms with Gasteiger partial charge in [0.1, 0.15) is 5.82 Å². The molecule has 0 aliphatic carbocycles. The molecule has 0 saturated carbocycles. The van der Waals surface area contributed by atoms with Gasteiger partial charge in [0.05, 0.1) is 18.8 Å². The van der Waals surface area contributed by atoms with E-state index >= 15 is 0 Å². The second-order valence-corrected chi connectivity index (χ2v) is 7.88. The van der Waals surface area contributed by atoms with E-state index in [-0.39, 0.29) is 17.9 Å². The molecule has 0 spiro atoms. The average molecular weight is 355 g/mol. The van der Waals surface area contributed by atoms with Gasteiger partial charge in [-0.05, 0) is 48.6 Å². The lowest BCUT2D eigenvalue weighted by Gasteiger charge is -2.52. The lowest BCUT2D eigenvalue weighted by molar-refractivity contribution is -0.145. The molecular weight excluding hydrogens is 329 g/mol. The number of fused-ring (bicyclic) bond motifs is 2. The summed E-state index contributed by atoms with van der Waals surface area (Å²) in [5, 5.41) is 11.3. The van der Waals surface area contributed by atoms with Crippen molar-refractivity contribution in [1.82, 2.24) is 4.90 Å². The highest BCUT2D eigenvalue weighted by Crippen LogP contribution is 2.38. The van der Waals surface area contributed by atoms with Crippen molar-refractivity contribution in [2.45, 2.75) is 50.4 Å². The lowest BCUT2D eigenvalue weighted by Crippen LogP contribution is -2.61. The van der Waals surface area contributed by atoms with Crippen molar-refractivity contribution in [1.29, 1.82) is 0 Å². The second-order valence-electron chi connectivity index (χ2n) is 7.88. The summed E-state index contributed by atoms with van der Waals surface area (Å²) in [6.07, 6.45) is 1.82. The molecule has 2 bridgehead atoms. The van der Waals surface area contributed by atoms with Crippen molar-refractivity contribution < 1.29 is 14.2 Å². The predicted octanol–water partition coefficient (Wildman–Crippen LogP) is 3.47. The van der Waals surface area contributed by atoms with Crippen molar-refractivity contribution in [2.24, 2.45) is 0 Å². The summed E-state index contributed by atoms with van der Waals surface area (Å²) in [6, 6.07) is 15.7. The van der Waals surface area contributed by atoms with Crippen molar-refractivity contribution in [2.75, 3.05) is 13.2 Å². The van der Waals surface area contributed by atoms with Gasteiger partial charge >= 0.3 is 0 Å². The molecule has 26 heavy (non-hydrogen) atoms. The van der Waals surface area contributed by atoms with Crippen molar-refractivity contribution >= 4 is 0 Å². The number of ether oxygens (including phenoxy) is 1. The van der Waals surface area contributed by atoms with Crippen LogP contribution in [0.1, 0.15) is 29.5 Å². The van der Waals surface area contributed by atoms with Gasteiger partial charge in [0.2, 0.25) is 0 Å². The minimum Gasteiger partial charge on any atom is -0.389 e. The Bertz CT molecular complexity index is 750. The summed E-state index contributed by atoms with van der Waals surface area (Å²) in [4.78, 5) is 2.48. The van der Waals surface area contributed by atoms with Crippen molar-refractivity contribution in [3.05, 3.63) is 71.0 Å². The van der Waals surface area contributed by atoms with Crippen LogP contribution in [0.25, 0.3) is 0 Å². The maximum absolute atomic E-state index is 13.7. The Labute approximate surface area is 154 Å². The molecule has 2 aliphatic heterocycles. The maximum atomic E-state index is 13.7. The molecule has 0 amide bonds. The standard InChI is InChI=1S/C22H26FNO2/c1-16-7-8-19(23)9-18(16)10-22(25)11-20-14-26-15-21(12-22)24(20)13-17-5-3-2-4-6-17/h2-9,20-21,25H,10-15H2,1H3. The summed E-state index contributed by atoms with van der Waals surface area (Å²) in [5.74, 6) is -0.237. The van der Waals surface area contributed by atoms with Gasteiger partial charge in [0.25, 0.3) is 0 Å². The molecule has 2 saturated heterocycles. The van der Waals surface area contributed by atoms with Gasteiger partial charge in [0, 0.05) is 25.0 Å². The molecule has 0 aromatic heterocycles. The van der Waals surface area contributed by atoms with E-state index in [2.05, 4.69) is 29.2 Å². The van der Waals surface area contributed by atoms with Gasteiger partial charge in [-0.1, -0.05) is 36.4 Å². The molecule has 3 nitrogen and oxygen atoms in total. The monoisotopic (exact) mass is 355 g/mol. The van der Waals surface area contributed by atoms with E-state index in [9.17, 15) is 9.50 Å². The van der Waals surface area contributed by atoms with Crippen LogP contribution in [0.3, 0.4) is 0 Å². The molecule has 138 valence electrons. The third-order valence-electron chi connectivity index (χ3n) is 5.83. The zero-order valence-corrected chi connectivity index (χ0v) is 15.2. The molecular formula is C22H26FNO2. The van der Waals surface area contributed by atoms with E-state index in [1.54, 1.807) is 12.1 Å². The fraction of sp³-hybridized carbons (Fsp3) is 0.455. The van der Waals surface area contributed by atoms with E-state index in [1.807, 2.05) is 13.0 Å². The van der Waals surface area contributed by atoms with E-state index in [0.717, 1.165) is 17.7 Å². The van der Waals surface area contributed by atoms with Gasteiger partial charge in [-0.3, -0.25) is 4.90 Å². The Morgan fingerprint density at radius 1 is 1.12 bits per heavy atom. The molecule has 2 fully saturated rings. The van der Waals surface area contributed by atoms with E-state index in [0.29, 0.717) is 32.5 Å². The Kier molecular flexibility index (Phi) is 4.82. The normalized spacial score (nSPS) is 28.9. The van der Waals surface area contributed by atoms with Crippen LogP contribution >= 0.6 is 0 Å². The topological polar surface area (TPSA) is 32.7 Å². The fourth-order valence-electron chi connectivity index (χ4n) is 4.52. The second kappa shape index (κ2) is 7.10. The first-order valence-corrected chi connectivity index (χ1v) is 9.37. The van der Waals surface area contributed by atoms with Crippen LogP contribution in [0.2, 0.25) is 0 Å². The van der Waals surface area contributed by atoms with E-state index < -0.39 is 5.60 Å². The van der Waals surface area contributed by atoms with Gasteiger partial charge in [-0.25, -0.2) is 4.39 Å². The third-order valence-corrected chi connectivity index (χ3v) is 5.83. The number of halogens is 1. The van der Waals surface area contributed by atoms with Gasteiger partial charge in [-0.15, -0.1) is 0 Å². The number of rotatable bonds is 4. The average Bonchev–Trinajstić information content (AvgIpc) is 2.60. The van der Waals surface area contributed by atoms with Crippen molar-refractivity contribution in [3.63, 3.8) is 0 Å². The van der Waals surface area contributed by atoms with E-state index in [4.69, 9.17) is 4.74 Å². The number of aliphatic hydroxyl groups is 1. The molecule has 0 radical (unpaired) electrons. The Balaban J connectivity index is 1.52. The first-order chi connectivity index (χ1) is 12.5. The number of nitrogens with zero attached hydrogens (tertiary/aromatic N) is 1. The quantitative estimate of drug-likeness (QED) is 0.912. The SMILES string of the molecule is Cc1ccc(F)cc1CC1(O)CC2COCC(C1)N2Cc1ccccc1. The van der Waals surface area contributed by atoms with Crippen LogP contribution in [0.5, 0.6) is 0 Å². The number of morpholine rings is 1. The predicted molar refractivity (Wildman–Crippen MR) is 99.4 cm³/mol. The minimum absolute atomic E-state index is 0.196. The first kappa shape index (κ1) is 17.7. The molecule has 4 rings (SSSR count). The van der Waals surface area contributed by atoms with Gasteiger partial charge in [0.15, 0.2) is 0 Å². The highest BCUT2D eigenvalue weighted by molar-refractivity contribution is 5.28. The van der Waals surface area contributed by atoms with Crippen LogP contribution in [-0.4, -0.2) is 40.9 Å². The zero-order chi connectivity index (χ0) is 18.1. The summed E-state index contributed by atoms with van der Waals surface area (Å²) >= 11 is 0. The number of hydrogen-bond acceptors (Lipinski definition) is 3. The Morgan fingerprint density at radius 2 is 1.81 bits per heavy atom. The third kappa shape index (κ3) is 3.68. The number of benzene rings is 2. The van der Waals surface area contributed by atoms with Gasteiger partial charge in [-0.2, -0.15) is 0 Å². The van der Waals surface area contributed by atoms with Crippen LogP contribution in [0.4, 0.5) is 4.39 Å². The number of hydrogen-bond donors (Lipinski definition) is 1.